The Kier molecular flexibility index (Phi) is 6.06. The summed E-state index contributed by atoms with van der Waals surface area (Å²) < 4.78 is 38.2. The van der Waals surface area contributed by atoms with Gasteiger partial charge in [-0.1, -0.05) is 18.2 Å². The number of sulfonamides is 1. The molecule has 0 saturated heterocycles. The molecule has 0 saturated carbocycles. The Bertz CT molecular complexity index is 991. The van der Waals surface area contributed by atoms with E-state index in [1.807, 2.05) is 0 Å². The van der Waals surface area contributed by atoms with Gasteiger partial charge in [0.15, 0.2) is 0 Å². The van der Waals surface area contributed by atoms with Crippen LogP contribution >= 0.6 is 0 Å². The summed E-state index contributed by atoms with van der Waals surface area (Å²) in [4.78, 5) is 23.9. The third-order valence-corrected chi connectivity index (χ3v) is 5.20. The molecule has 2 N–H and O–H groups in total. The topological polar surface area (TPSA) is 115 Å². The molecule has 1 heterocycles. The van der Waals surface area contributed by atoms with Crippen LogP contribution in [0.3, 0.4) is 0 Å². The van der Waals surface area contributed by atoms with Crippen LogP contribution in [0.15, 0.2) is 46.2 Å². The van der Waals surface area contributed by atoms with Crippen molar-refractivity contribution in [1.82, 2.24) is 5.32 Å². The highest BCUT2D eigenvalue weighted by Crippen LogP contribution is 2.29. The Morgan fingerprint density at radius 1 is 1.22 bits per heavy atom. The molecule has 0 spiro atoms. The Morgan fingerprint density at radius 3 is 2.52 bits per heavy atom. The smallest absolute Gasteiger partial charge is 0.342 e. The lowest BCUT2D eigenvalue weighted by Crippen LogP contribution is -2.25. The molecule has 0 aliphatic heterocycles. The molecule has 27 heavy (non-hydrogen) atoms. The lowest BCUT2D eigenvalue weighted by molar-refractivity contribution is 0.0594. The molecule has 2 rings (SSSR count). The number of para-hydroxylation sites is 1. The van der Waals surface area contributed by atoms with Crippen LogP contribution < -0.4 is 10.0 Å². The number of carbonyl (C=O) groups excluding carboxylic acids is 2. The van der Waals surface area contributed by atoms with Gasteiger partial charge in [-0.05, 0) is 26.0 Å². The first-order valence-corrected chi connectivity index (χ1v) is 9.40. The Hall–Kier alpha value is -3.07. The quantitative estimate of drug-likeness (QED) is 0.552. The predicted molar refractivity (Wildman–Crippen MR) is 99.3 cm³/mol. The Balaban J connectivity index is 2.49. The minimum atomic E-state index is -4.23. The van der Waals surface area contributed by atoms with Gasteiger partial charge in [0.05, 0.1) is 18.4 Å². The molecular formula is C18H20N2O6S. The van der Waals surface area contributed by atoms with Crippen molar-refractivity contribution in [2.45, 2.75) is 18.7 Å². The number of esters is 1. The second-order valence-corrected chi connectivity index (χ2v) is 7.18. The van der Waals surface area contributed by atoms with E-state index >= 15 is 0 Å². The molecular weight excluding hydrogens is 372 g/mol. The van der Waals surface area contributed by atoms with Crippen LogP contribution in [0.5, 0.6) is 0 Å². The number of carbonyl (C=O) groups is 2. The van der Waals surface area contributed by atoms with E-state index in [0.717, 1.165) is 7.11 Å². The average Bonchev–Trinajstić information content (AvgIpc) is 2.94. The van der Waals surface area contributed by atoms with Gasteiger partial charge in [-0.2, -0.15) is 0 Å². The van der Waals surface area contributed by atoms with E-state index < -0.39 is 21.9 Å². The highest BCUT2D eigenvalue weighted by molar-refractivity contribution is 7.92. The minimum absolute atomic E-state index is 0.0361. The van der Waals surface area contributed by atoms with Gasteiger partial charge in [0.2, 0.25) is 0 Å². The zero-order chi connectivity index (χ0) is 20.2. The number of aryl methyl sites for hydroxylation is 2. The highest BCUT2D eigenvalue weighted by atomic mass is 32.2. The number of methoxy groups -OCH3 is 1. The molecule has 8 nitrogen and oxygen atoms in total. The van der Waals surface area contributed by atoms with Crippen molar-refractivity contribution in [3.63, 3.8) is 0 Å². The van der Waals surface area contributed by atoms with Crippen LogP contribution in [0, 0.1) is 13.8 Å². The van der Waals surface area contributed by atoms with E-state index in [-0.39, 0.29) is 39.8 Å². The molecule has 1 amide bonds. The minimum Gasteiger partial charge on any atom is -0.465 e. The van der Waals surface area contributed by atoms with E-state index in [4.69, 9.17) is 4.42 Å². The molecule has 9 heteroatoms. The van der Waals surface area contributed by atoms with Crippen molar-refractivity contribution in [3.05, 3.63) is 59.6 Å². The second-order valence-electron chi connectivity index (χ2n) is 5.56. The van der Waals surface area contributed by atoms with Crippen molar-refractivity contribution >= 4 is 27.6 Å². The van der Waals surface area contributed by atoms with Gasteiger partial charge in [-0.3, -0.25) is 9.52 Å². The first-order chi connectivity index (χ1) is 12.7. The zero-order valence-electron chi connectivity index (χ0n) is 15.2. The van der Waals surface area contributed by atoms with Gasteiger partial charge in [-0.25, -0.2) is 13.2 Å². The fraction of sp³-hybridized carbons (Fsp3) is 0.222. The molecule has 0 radical (unpaired) electrons. The van der Waals surface area contributed by atoms with Gasteiger partial charge in [0, 0.05) is 6.54 Å². The predicted octanol–water partition coefficient (Wildman–Crippen LogP) is 2.40. The van der Waals surface area contributed by atoms with Crippen LogP contribution in [0.25, 0.3) is 0 Å². The maximum atomic E-state index is 12.9. The van der Waals surface area contributed by atoms with Crippen molar-refractivity contribution in [2.75, 3.05) is 18.4 Å². The molecule has 0 aliphatic rings. The number of rotatable bonds is 7. The van der Waals surface area contributed by atoms with Crippen LogP contribution in [0.1, 0.15) is 32.2 Å². The van der Waals surface area contributed by atoms with Crippen LogP contribution in [0.2, 0.25) is 0 Å². The third-order valence-electron chi connectivity index (χ3n) is 3.69. The number of ether oxygens (including phenoxy) is 1. The lowest BCUT2D eigenvalue weighted by atomic mass is 10.1. The van der Waals surface area contributed by atoms with Gasteiger partial charge in [0.1, 0.15) is 22.0 Å². The maximum Gasteiger partial charge on any atom is 0.342 e. The highest BCUT2D eigenvalue weighted by Gasteiger charge is 2.32. The Labute approximate surface area is 157 Å². The number of nitrogens with one attached hydrogen (secondary N) is 2. The second kappa shape index (κ2) is 8.09. The molecule has 0 fully saturated rings. The van der Waals surface area contributed by atoms with Crippen molar-refractivity contribution in [1.29, 1.82) is 0 Å². The summed E-state index contributed by atoms with van der Waals surface area (Å²) in [5.41, 5.74) is 0.00429. The summed E-state index contributed by atoms with van der Waals surface area (Å²) >= 11 is 0. The maximum absolute atomic E-state index is 12.9. The van der Waals surface area contributed by atoms with E-state index in [0.29, 0.717) is 0 Å². The van der Waals surface area contributed by atoms with Crippen LogP contribution in [-0.2, 0) is 14.8 Å². The first kappa shape index (κ1) is 20.2. The van der Waals surface area contributed by atoms with Crippen molar-refractivity contribution in [2.24, 2.45) is 0 Å². The summed E-state index contributed by atoms with van der Waals surface area (Å²) in [7, 11) is -3.08. The van der Waals surface area contributed by atoms with Gasteiger partial charge in [-0.15, -0.1) is 6.58 Å². The number of hydrogen-bond acceptors (Lipinski definition) is 6. The summed E-state index contributed by atoms with van der Waals surface area (Å²) in [6.45, 7) is 6.64. The summed E-state index contributed by atoms with van der Waals surface area (Å²) in [5, 5.41) is 2.58. The summed E-state index contributed by atoms with van der Waals surface area (Å²) in [6, 6.07) is 6.11. The first-order valence-electron chi connectivity index (χ1n) is 7.92. The number of amides is 1. The zero-order valence-corrected chi connectivity index (χ0v) is 16.0. The molecule has 0 atom stereocenters. The summed E-state index contributed by atoms with van der Waals surface area (Å²) in [6.07, 6.45) is 1.50. The van der Waals surface area contributed by atoms with Crippen LogP contribution in [0.4, 0.5) is 5.69 Å². The fourth-order valence-corrected chi connectivity index (χ4v) is 4.04. The monoisotopic (exact) mass is 392 g/mol. The molecule has 1 aromatic carbocycles. The molecule has 144 valence electrons. The number of hydrogen-bond donors (Lipinski definition) is 2. The van der Waals surface area contributed by atoms with Crippen molar-refractivity contribution in [3.8, 4) is 0 Å². The standard InChI is InChI=1S/C18H20N2O6S/c1-5-10-19-17(21)13-8-6-7-9-14(13)20-27(23,24)16-12(3)26-11(2)15(16)18(22)25-4/h5-9,20H,1,10H2,2-4H3,(H,19,21). The van der Waals surface area contributed by atoms with E-state index in [1.54, 1.807) is 12.1 Å². The normalized spacial score (nSPS) is 10.9. The largest absolute Gasteiger partial charge is 0.465 e. The van der Waals surface area contributed by atoms with Gasteiger partial charge >= 0.3 is 5.97 Å². The Morgan fingerprint density at radius 2 is 1.89 bits per heavy atom. The third kappa shape index (κ3) is 4.20. The van der Waals surface area contributed by atoms with Crippen molar-refractivity contribution < 1.29 is 27.2 Å². The van der Waals surface area contributed by atoms with Gasteiger partial charge in [0.25, 0.3) is 15.9 Å². The molecule has 1 aromatic heterocycles. The van der Waals surface area contributed by atoms with Crippen LogP contribution in [-0.4, -0.2) is 33.9 Å². The number of furan rings is 1. The number of anilines is 1. The van der Waals surface area contributed by atoms with E-state index in [2.05, 4.69) is 21.4 Å². The SMILES string of the molecule is C=CCNC(=O)c1ccccc1NS(=O)(=O)c1c(C)oc(C)c1C(=O)OC. The summed E-state index contributed by atoms with van der Waals surface area (Å²) in [5.74, 6) is -1.14. The van der Waals surface area contributed by atoms with E-state index in [9.17, 15) is 18.0 Å². The average molecular weight is 392 g/mol. The van der Waals surface area contributed by atoms with E-state index in [1.165, 1.54) is 32.1 Å². The molecule has 0 bridgehead atoms. The fourth-order valence-electron chi connectivity index (χ4n) is 2.55. The van der Waals surface area contributed by atoms with Gasteiger partial charge < -0.3 is 14.5 Å². The number of benzene rings is 1. The lowest BCUT2D eigenvalue weighted by Gasteiger charge is -2.13. The molecule has 0 aliphatic carbocycles. The molecule has 0 unspecified atom stereocenters. The molecule has 2 aromatic rings.